The van der Waals surface area contributed by atoms with Crippen molar-refractivity contribution in [3.05, 3.63) is 48.0 Å². The van der Waals surface area contributed by atoms with Gasteiger partial charge in [0.1, 0.15) is 0 Å². The Morgan fingerprint density at radius 1 is 1.15 bits per heavy atom. The monoisotopic (exact) mass is 355 g/mol. The van der Waals surface area contributed by atoms with Gasteiger partial charge in [0, 0.05) is 12.8 Å². The van der Waals surface area contributed by atoms with E-state index in [2.05, 4.69) is 35.6 Å². The summed E-state index contributed by atoms with van der Waals surface area (Å²) in [5, 5.41) is 5.49. The number of hydrogen-bond acceptors (Lipinski definition) is 3. The fourth-order valence-electron chi connectivity index (χ4n) is 3.69. The Kier molecular flexibility index (Phi) is 5.89. The number of carbonyl (C=O) groups excluding carboxylic acids is 2. The molecule has 0 saturated carbocycles. The third kappa shape index (κ3) is 4.41. The molecule has 0 unspecified atom stereocenters. The Bertz CT molecular complexity index is 782. The highest BCUT2D eigenvalue weighted by Crippen LogP contribution is 2.20. The number of likely N-dealkylation sites (tertiary alicyclic amines) is 1. The van der Waals surface area contributed by atoms with E-state index >= 15 is 0 Å². The molecule has 0 aromatic heterocycles. The minimum absolute atomic E-state index is 0.0108. The summed E-state index contributed by atoms with van der Waals surface area (Å²) in [6.45, 7) is 4.13. The van der Waals surface area contributed by atoms with Crippen LogP contribution in [0.25, 0.3) is 10.8 Å². The summed E-state index contributed by atoms with van der Waals surface area (Å²) in [4.78, 5) is 25.2. The second-order valence-electron chi connectivity index (χ2n) is 7.12. The van der Waals surface area contributed by atoms with E-state index in [4.69, 9.17) is 4.74 Å². The zero-order valence-corrected chi connectivity index (χ0v) is 15.5. The first kappa shape index (κ1) is 18.4. The summed E-state index contributed by atoms with van der Waals surface area (Å²) in [6, 6.07) is 14.5. The van der Waals surface area contributed by atoms with E-state index < -0.39 is 0 Å². The first-order valence-electron chi connectivity index (χ1n) is 9.26. The molecule has 0 spiro atoms. The van der Waals surface area contributed by atoms with Crippen LogP contribution in [-0.2, 0) is 14.3 Å². The van der Waals surface area contributed by atoms with E-state index in [9.17, 15) is 9.59 Å². The summed E-state index contributed by atoms with van der Waals surface area (Å²) in [5.41, 5.74) is 1.11. The first-order valence-corrected chi connectivity index (χ1v) is 9.26. The lowest BCUT2D eigenvalue weighted by atomic mass is 9.97. The van der Waals surface area contributed by atoms with Gasteiger partial charge in [0.2, 0.25) is 0 Å². The Morgan fingerprint density at radius 3 is 2.54 bits per heavy atom. The molecule has 1 atom stereocenters. The number of esters is 1. The first-order chi connectivity index (χ1) is 12.6. The number of nitrogens with one attached hydrogen (secondary N) is 2. The summed E-state index contributed by atoms with van der Waals surface area (Å²) in [6.07, 6.45) is 1.57. The second-order valence-corrected chi connectivity index (χ2v) is 7.12. The number of piperidine rings is 1. The minimum atomic E-state index is -0.126. The van der Waals surface area contributed by atoms with Gasteiger partial charge in [0.05, 0.1) is 32.2 Å². The van der Waals surface area contributed by atoms with Crippen molar-refractivity contribution in [1.29, 1.82) is 0 Å². The van der Waals surface area contributed by atoms with Crippen LogP contribution < -0.4 is 10.2 Å². The summed E-state index contributed by atoms with van der Waals surface area (Å²) >= 11 is 0. The maximum absolute atomic E-state index is 12.4. The van der Waals surface area contributed by atoms with E-state index in [0.29, 0.717) is 6.54 Å². The topological polar surface area (TPSA) is 59.8 Å². The molecular weight excluding hydrogens is 328 g/mol. The van der Waals surface area contributed by atoms with Crippen LogP contribution in [0.1, 0.15) is 31.4 Å². The van der Waals surface area contributed by atoms with Crippen LogP contribution in [0.4, 0.5) is 0 Å². The summed E-state index contributed by atoms with van der Waals surface area (Å²) < 4.78 is 4.81. The highest BCUT2D eigenvalue weighted by molar-refractivity contribution is 5.83. The number of hydrogen-bond donors (Lipinski definition) is 2. The normalized spacial score (nSPS) is 21.2. The number of quaternary nitrogens is 1. The number of benzene rings is 2. The average molecular weight is 355 g/mol. The lowest BCUT2D eigenvalue weighted by Gasteiger charge is -2.27. The standard InChI is InChI=1S/C21H26N2O3/c1-15(18-8-7-16-5-3-4-6-19(16)13-18)22-20(24)14-23-11-9-17(10-12-23)21(25)26-2/h3-8,13,15,17H,9-12,14H2,1-2H3,(H,22,24)/p+1/t15-/m1/s1. The number of rotatable bonds is 5. The van der Waals surface area contributed by atoms with Crippen LogP contribution >= 0.6 is 0 Å². The van der Waals surface area contributed by atoms with Crippen molar-refractivity contribution in [2.45, 2.75) is 25.8 Å². The van der Waals surface area contributed by atoms with Crippen LogP contribution in [0.3, 0.4) is 0 Å². The van der Waals surface area contributed by atoms with Gasteiger partial charge in [-0.2, -0.15) is 0 Å². The Hall–Kier alpha value is -2.40. The van der Waals surface area contributed by atoms with Gasteiger partial charge in [-0.15, -0.1) is 0 Å². The number of fused-ring (bicyclic) bond motifs is 1. The quantitative estimate of drug-likeness (QED) is 0.799. The molecule has 138 valence electrons. The smallest absolute Gasteiger partial charge is 0.309 e. The van der Waals surface area contributed by atoms with Crippen LogP contribution in [0.15, 0.2) is 42.5 Å². The molecule has 0 aliphatic carbocycles. The number of ether oxygens (including phenoxy) is 1. The van der Waals surface area contributed by atoms with Gasteiger partial charge < -0.3 is 15.0 Å². The van der Waals surface area contributed by atoms with E-state index in [1.807, 2.05) is 19.1 Å². The van der Waals surface area contributed by atoms with Gasteiger partial charge in [-0.1, -0.05) is 36.4 Å². The van der Waals surface area contributed by atoms with Crippen molar-refractivity contribution in [1.82, 2.24) is 5.32 Å². The van der Waals surface area contributed by atoms with E-state index in [1.165, 1.54) is 22.8 Å². The molecule has 5 heteroatoms. The SMILES string of the molecule is COC(=O)C1CC[NH+](CC(=O)N[C@H](C)c2ccc3ccccc3c2)CC1. The molecule has 3 rings (SSSR count). The molecule has 1 aliphatic rings. The molecule has 2 aromatic rings. The molecule has 26 heavy (non-hydrogen) atoms. The minimum Gasteiger partial charge on any atom is -0.469 e. The molecule has 1 heterocycles. The van der Waals surface area contributed by atoms with Crippen LogP contribution in [0.5, 0.6) is 0 Å². The van der Waals surface area contributed by atoms with Crippen LogP contribution in [0.2, 0.25) is 0 Å². The van der Waals surface area contributed by atoms with E-state index in [1.54, 1.807) is 0 Å². The summed E-state index contributed by atoms with van der Waals surface area (Å²) in [7, 11) is 1.43. The Balaban J connectivity index is 1.52. The lowest BCUT2D eigenvalue weighted by molar-refractivity contribution is -0.897. The molecule has 1 saturated heterocycles. The van der Waals surface area contributed by atoms with Crippen LogP contribution in [0, 0.1) is 5.92 Å². The molecule has 0 bridgehead atoms. The third-order valence-corrected chi connectivity index (χ3v) is 5.29. The largest absolute Gasteiger partial charge is 0.469 e. The van der Waals surface area contributed by atoms with Gasteiger partial charge >= 0.3 is 5.97 Å². The Labute approximate surface area is 154 Å². The molecule has 1 amide bonds. The fraction of sp³-hybridized carbons (Fsp3) is 0.429. The van der Waals surface area contributed by atoms with Crippen molar-refractivity contribution >= 4 is 22.6 Å². The van der Waals surface area contributed by atoms with Gasteiger partial charge in [-0.25, -0.2) is 0 Å². The zero-order chi connectivity index (χ0) is 18.5. The van der Waals surface area contributed by atoms with Gasteiger partial charge in [-0.3, -0.25) is 9.59 Å². The number of methoxy groups -OCH3 is 1. The maximum Gasteiger partial charge on any atom is 0.309 e. The molecular formula is C21H27N2O3+. The second kappa shape index (κ2) is 8.32. The van der Waals surface area contributed by atoms with Crippen LogP contribution in [-0.4, -0.2) is 38.6 Å². The summed E-state index contributed by atoms with van der Waals surface area (Å²) in [5.74, 6) is -0.0843. The molecule has 1 fully saturated rings. The van der Waals surface area contributed by atoms with Crippen molar-refractivity contribution in [3.8, 4) is 0 Å². The molecule has 2 N–H and O–H groups in total. The maximum atomic E-state index is 12.4. The van der Waals surface area contributed by atoms with Crippen molar-refractivity contribution in [2.75, 3.05) is 26.7 Å². The van der Waals surface area contributed by atoms with Crippen molar-refractivity contribution in [2.24, 2.45) is 5.92 Å². The number of amides is 1. The molecule has 2 aromatic carbocycles. The predicted molar refractivity (Wildman–Crippen MR) is 101 cm³/mol. The Morgan fingerprint density at radius 2 is 1.85 bits per heavy atom. The molecule has 1 aliphatic heterocycles. The van der Waals surface area contributed by atoms with Gasteiger partial charge in [0.15, 0.2) is 6.54 Å². The molecule has 0 radical (unpaired) electrons. The fourth-order valence-corrected chi connectivity index (χ4v) is 3.69. The average Bonchev–Trinajstić information content (AvgIpc) is 2.67. The molecule has 5 nitrogen and oxygen atoms in total. The highest BCUT2D eigenvalue weighted by atomic mass is 16.5. The van der Waals surface area contributed by atoms with E-state index in [-0.39, 0.29) is 23.8 Å². The zero-order valence-electron chi connectivity index (χ0n) is 15.5. The van der Waals surface area contributed by atoms with Gasteiger partial charge in [0.25, 0.3) is 5.91 Å². The highest BCUT2D eigenvalue weighted by Gasteiger charge is 2.29. The third-order valence-electron chi connectivity index (χ3n) is 5.29. The van der Waals surface area contributed by atoms with Gasteiger partial charge in [-0.05, 0) is 29.3 Å². The van der Waals surface area contributed by atoms with Crippen molar-refractivity contribution in [3.63, 3.8) is 0 Å². The lowest BCUT2D eigenvalue weighted by Crippen LogP contribution is -3.14. The van der Waals surface area contributed by atoms with Crippen molar-refractivity contribution < 1.29 is 19.2 Å². The predicted octanol–water partition coefficient (Wildman–Crippen LogP) is 1.48. The number of carbonyl (C=O) groups is 2. The van der Waals surface area contributed by atoms with E-state index in [0.717, 1.165) is 31.5 Å².